The first-order valence-electron chi connectivity index (χ1n) is 6.89. The largest absolute Gasteiger partial charge is 1.00 e. The van der Waals surface area contributed by atoms with E-state index < -0.39 is 0 Å². The van der Waals surface area contributed by atoms with E-state index in [-0.39, 0.29) is 29.1 Å². The summed E-state index contributed by atoms with van der Waals surface area (Å²) >= 11 is 3.47. The summed E-state index contributed by atoms with van der Waals surface area (Å²) in [5, 5.41) is 1.20. The molecule has 3 rings (SSSR count). The van der Waals surface area contributed by atoms with Gasteiger partial charge in [-0.15, -0.1) is 0 Å². The van der Waals surface area contributed by atoms with E-state index >= 15 is 0 Å². The van der Waals surface area contributed by atoms with Crippen LogP contribution in [0.1, 0.15) is 33.3 Å². The van der Waals surface area contributed by atoms with Crippen LogP contribution in [-0.2, 0) is 20.6 Å². The Morgan fingerprint density at radius 1 is 0.864 bits per heavy atom. The van der Waals surface area contributed by atoms with Crippen LogP contribution in [0.2, 0.25) is 0 Å². The fourth-order valence-corrected chi connectivity index (χ4v) is 3.90. The molecule has 1 aromatic heterocycles. The molecule has 4 heteroatoms. The quantitative estimate of drug-likeness (QED) is 0.606. The summed E-state index contributed by atoms with van der Waals surface area (Å²) in [4.78, 5) is 4.62. The molecule has 1 heterocycles. The van der Waals surface area contributed by atoms with Gasteiger partial charge in [0.15, 0.2) is 0 Å². The summed E-state index contributed by atoms with van der Waals surface area (Å²) < 4.78 is -0.151. The Hall–Kier alpha value is -0.778. The van der Waals surface area contributed by atoms with Gasteiger partial charge in [-0.05, 0) is 0 Å². The molecule has 0 spiro atoms. The van der Waals surface area contributed by atoms with Gasteiger partial charge in [-0.2, -0.15) is 0 Å². The number of pyridine rings is 1. The molecule has 1 aliphatic carbocycles. The summed E-state index contributed by atoms with van der Waals surface area (Å²) in [5.74, 6) is 0. The number of para-hydroxylation sites is 1. The number of hydrogen-bond acceptors (Lipinski definition) is 1. The fraction of sp³-hybridized carbons (Fsp3) is 0.278. The topological polar surface area (TPSA) is 12.9 Å². The number of hydrogen-bond donors (Lipinski definition) is 0. The van der Waals surface area contributed by atoms with E-state index in [1.165, 1.54) is 33.2 Å². The first kappa shape index (κ1) is 19.3. The van der Waals surface area contributed by atoms with Crippen LogP contribution in [0.3, 0.4) is 0 Å². The summed E-state index contributed by atoms with van der Waals surface area (Å²) in [6.07, 6.45) is 1.88. The van der Waals surface area contributed by atoms with Crippen molar-refractivity contribution in [1.29, 1.82) is 0 Å². The molecule has 1 aliphatic rings. The molecule has 0 bridgehead atoms. The summed E-state index contributed by atoms with van der Waals surface area (Å²) in [5.41, 5.74) is 7.94. The second-order valence-electron chi connectivity index (χ2n) is 5.56. The smallest absolute Gasteiger partial charge is 1.00 e. The molecular formula is C18H18Cl2CrN. The third-order valence-corrected chi connectivity index (χ3v) is 6.06. The van der Waals surface area contributed by atoms with E-state index in [1.54, 1.807) is 0 Å². The zero-order valence-corrected chi connectivity index (χ0v) is 15.9. The maximum atomic E-state index is 4.62. The molecule has 0 fully saturated rings. The van der Waals surface area contributed by atoms with Gasteiger partial charge in [0.25, 0.3) is 0 Å². The average molecular weight is 371 g/mol. The van der Waals surface area contributed by atoms with E-state index in [4.69, 9.17) is 0 Å². The number of allylic oxidation sites excluding steroid dienone is 4. The van der Waals surface area contributed by atoms with Crippen molar-refractivity contribution in [2.75, 3.05) is 0 Å². The minimum Gasteiger partial charge on any atom is -1.00 e. The van der Waals surface area contributed by atoms with Crippen molar-refractivity contribution in [2.45, 2.75) is 32.0 Å². The fourth-order valence-electron chi connectivity index (χ4n) is 3.16. The zero-order valence-electron chi connectivity index (χ0n) is 13.1. The first-order chi connectivity index (χ1) is 9.48. The van der Waals surface area contributed by atoms with E-state index in [2.05, 4.69) is 73.2 Å². The number of fused-ring (bicyclic) bond motifs is 1. The van der Waals surface area contributed by atoms with Crippen LogP contribution in [0.15, 0.2) is 58.8 Å². The number of rotatable bonds is 1. The predicted molar refractivity (Wildman–Crippen MR) is 80.2 cm³/mol. The molecule has 0 radical (unpaired) electrons. The normalized spacial score (nSPS) is 16.5. The van der Waals surface area contributed by atoms with Gasteiger partial charge < -0.3 is 24.8 Å². The Morgan fingerprint density at radius 3 is 2.00 bits per heavy atom. The van der Waals surface area contributed by atoms with Gasteiger partial charge in [-0.25, -0.2) is 0 Å². The maximum absolute atomic E-state index is 4.62. The molecule has 0 N–H and O–H groups in total. The van der Waals surface area contributed by atoms with Gasteiger partial charge >= 0.3 is 129 Å². The van der Waals surface area contributed by atoms with Crippen LogP contribution in [0.4, 0.5) is 0 Å². The van der Waals surface area contributed by atoms with Crippen LogP contribution >= 0.6 is 0 Å². The zero-order chi connectivity index (χ0) is 14.5. The molecular weight excluding hydrogens is 353 g/mol. The molecule has 0 unspecified atom stereocenters. The van der Waals surface area contributed by atoms with Crippen molar-refractivity contribution in [3.63, 3.8) is 0 Å². The van der Waals surface area contributed by atoms with Crippen molar-refractivity contribution in [1.82, 2.24) is 4.98 Å². The average Bonchev–Trinajstić information content (AvgIpc) is 2.63. The molecule has 0 saturated heterocycles. The molecule has 115 valence electrons. The van der Waals surface area contributed by atoms with Crippen LogP contribution in [-0.4, -0.2) is 4.98 Å². The minimum absolute atomic E-state index is 0. The van der Waals surface area contributed by atoms with Gasteiger partial charge in [0.2, 0.25) is 0 Å². The standard InChI is InChI=1S/C18H18N.2ClH.Cr/c1-11-12(2)14(4)17(13(11)3)16-9-5-7-15-8-6-10-19-18(15)16;;;/h5-10H,1-4H3;2*1H;/q;;;+2/p-2. The van der Waals surface area contributed by atoms with E-state index in [9.17, 15) is 0 Å². The Kier molecular flexibility index (Phi) is 5.93. The molecule has 0 amide bonds. The molecule has 1 aromatic carbocycles. The molecule has 1 nitrogen and oxygen atoms in total. The van der Waals surface area contributed by atoms with Crippen molar-refractivity contribution in [2.24, 2.45) is 0 Å². The van der Waals surface area contributed by atoms with E-state index in [1.807, 2.05) is 12.3 Å². The van der Waals surface area contributed by atoms with Gasteiger partial charge in [0, 0.05) is 0 Å². The Balaban J connectivity index is 0.00000121. The number of aromatic nitrogens is 1. The maximum Gasteiger partial charge on any atom is -1.00 e. The molecule has 0 atom stereocenters. The van der Waals surface area contributed by atoms with Crippen LogP contribution in [0, 0.1) is 0 Å². The third kappa shape index (κ3) is 2.53. The molecule has 0 saturated carbocycles. The number of halogens is 2. The minimum atomic E-state index is -0.151. The van der Waals surface area contributed by atoms with Gasteiger partial charge in [-0.3, -0.25) is 0 Å². The second-order valence-corrected chi connectivity index (χ2v) is 6.52. The molecule has 22 heavy (non-hydrogen) atoms. The van der Waals surface area contributed by atoms with Crippen LogP contribution in [0.5, 0.6) is 0 Å². The SMILES string of the molecule is CC1=C(C)[C]([Cr+2])(c2cccc3cccnc23)C(C)=C1C.[Cl-].[Cl-]. The summed E-state index contributed by atoms with van der Waals surface area (Å²) in [6.45, 7) is 8.89. The monoisotopic (exact) mass is 370 g/mol. The second kappa shape index (κ2) is 6.77. The van der Waals surface area contributed by atoms with Crippen molar-refractivity contribution >= 4 is 10.9 Å². The number of benzene rings is 1. The van der Waals surface area contributed by atoms with Gasteiger partial charge in [0.05, 0.1) is 0 Å². The predicted octanol–water partition coefficient (Wildman–Crippen LogP) is -1.33. The Morgan fingerprint density at radius 2 is 1.41 bits per heavy atom. The summed E-state index contributed by atoms with van der Waals surface area (Å²) in [6, 6.07) is 10.6. The molecule has 2 aromatic rings. The first-order valence-corrected chi connectivity index (χ1v) is 7.52. The van der Waals surface area contributed by atoms with Crippen LogP contribution < -0.4 is 24.8 Å². The van der Waals surface area contributed by atoms with Gasteiger partial charge in [0.1, 0.15) is 0 Å². The van der Waals surface area contributed by atoms with Crippen LogP contribution in [0.25, 0.3) is 10.9 Å². The van der Waals surface area contributed by atoms with Crippen molar-refractivity contribution < 1.29 is 41.1 Å². The van der Waals surface area contributed by atoms with E-state index in [0.717, 1.165) is 5.52 Å². The van der Waals surface area contributed by atoms with Gasteiger partial charge in [-0.1, -0.05) is 0 Å². The van der Waals surface area contributed by atoms with Crippen molar-refractivity contribution in [3.8, 4) is 0 Å². The molecule has 0 aliphatic heterocycles. The van der Waals surface area contributed by atoms with Crippen molar-refractivity contribution in [3.05, 3.63) is 64.4 Å². The summed E-state index contributed by atoms with van der Waals surface area (Å²) in [7, 11) is 0. The number of nitrogens with zero attached hydrogens (tertiary/aromatic N) is 1. The Labute approximate surface area is 153 Å². The third-order valence-electron chi connectivity index (χ3n) is 4.76. The Bertz CT molecular complexity index is 748. The van der Waals surface area contributed by atoms with E-state index in [0.29, 0.717) is 0 Å².